The Kier molecular flexibility index (Phi) is 20.3. The van der Waals surface area contributed by atoms with Gasteiger partial charge >= 0.3 is 0 Å². The Balaban J connectivity index is 0.000000170. The van der Waals surface area contributed by atoms with E-state index in [0.29, 0.717) is 33.9 Å². The van der Waals surface area contributed by atoms with E-state index in [1.807, 2.05) is 148 Å². The lowest BCUT2D eigenvalue weighted by Crippen LogP contribution is -2.42. The molecule has 3 N–H and O–H groups in total. The maximum Gasteiger partial charge on any atom is 0.179 e. The average molecular weight is 1120 g/mol. The molecule has 0 saturated heterocycles. The quantitative estimate of drug-likeness (QED) is 0.0908. The molecule has 6 aromatic carbocycles. The van der Waals surface area contributed by atoms with E-state index in [1.54, 1.807) is 36.4 Å². The summed E-state index contributed by atoms with van der Waals surface area (Å²) in [5, 5.41) is 34.7. The van der Waals surface area contributed by atoms with Crippen LogP contribution in [0.25, 0.3) is 0 Å². The number of unbranched alkanes of at least 4 members (excludes halogenated alkanes) is 3. The van der Waals surface area contributed by atoms with E-state index in [2.05, 4.69) is 20.8 Å². The summed E-state index contributed by atoms with van der Waals surface area (Å²) in [7, 11) is -10.4. The average Bonchev–Trinajstić information content (AvgIpc) is 3.86. The number of rotatable bonds is 15. The lowest BCUT2D eigenvalue weighted by Gasteiger charge is -2.39. The molecule has 0 saturated carbocycles. The van der Waals surface area contributed by atoms with E-state index < -0.39 is 64.1 Å². The van der Waals surface area contributed by atoms with Crippen molar-refractivity contribution in [1.29, 1.82) is 0 Å². The molecule has 3 aliphatic heterocycles. The summed E-state index contributed by atoms with van der Waals surface area (Å²) in [6.07, 6.45) is 7.58. The first-order chi connectivity index (χ1) is 37.3. The normalized spacial score (nSPS) is 27.5. The van der Waals surface area contributed by atoms with E-state index in [-0.39, 0.29) is 35.0 Å². The molecule has 9 nitrogen and oxygen atoms in total. The molecule has 0 amide bonds. The summed E-state index contributed by atoms with van der Waals surface area (Å²) in [5.41, 5.74) is 3.18. The van der Waals surface area contributed by atoms with Crippen molar-refractivity contribution in [3.05, 3.63) is 197 Å². The van der Waals surface area contributed by atoms with Crippen molar-refractivity contribution in [2.45, 2.75) is 169 Å². The third kappa shape index (κ3) is 12.6. The molecule has 3 heterocycles. The first-order valence-corrected chi connectivity index (χ1v) is 33.4. The number of fused-ring (bicyclic) bond motifs is 3. The van der Waals surface area contributed by atoms with Gasteiger partial charge in [0, 0.05) is 34.0 Å². The first-order valence-electron chi connectivity index (χ1n) is 28.5. The van der Waals surface area contributed by atoms with Gasteiger partial charge in [-0.1, -0.05) is 226 Å². The van der Waals surface area contributed by atoms with Gasteiger partial charge in [0.05, 0.1) is 50.3 Å². The molecular formula is C66H84O9S3. The van der Waals surface area contributed by atoms with Crippen LogP contribution < -0.4 is 0 Å². The number of aliphatic hydroxyl groups is 3. The minimum absolute atomic E-state index is 0.0119. The molecule has 0 aromatic heterocycles. The second-order valence-corrected chi connectivity index (χ2v) is 28.2. The summed E-state index contributed by atoms with van der Waals surface area (Å²) in [4.78, 5) is 1.12. The van der Waals surface area contributed by atoms with Crippen molar-refractivity contribution >= 4 is 29.5 Å². The number of aliphatic hydroxyl groups excluding tert-OH is 3. The highest BCUT2D eigenvalue weighted by molar-refractivity contribution is 7.92. The zero-order valence-corrected chi connectivity index (χ0v) is 49.1. The Labute approximate surface area is 467 Å². The van der Waals surface area contributed by atoms with E-state index >= 15 is 0 Å². The zero-order chi connectivity index (χ0) is 56.4. The summed E-state index contributed by atoms with van der Waals surface area (Å²) in [5.74, 6) is -0.960. The molecule has 0 radical (unpaired) electrons. The van der Waals surface area contributed by atoms with Crippen LogP contribution in [0.3, 0.4) is 0 Å². The predicted octanol–water partition coefficient (Wildman–Crippen LogP) is 13.7. The van der Waals surface area contributed by atoms with Gasteiger partial charge in [-0.25, -0.2) is 25.3 Å². The zero-order valence-electron chi connectivity index (χ0n) is 46.7. The van der Waals surface area contributed by atoms with Crippen molar-refractivity contribution in [2.75, 3.05) is 17.3 Å². The second kappa shape index (κ2) is 26.1. The van der Waals surface area contributed by atoms with Crippen molar-refractivity contribution in [1.82, 2.24) is 0 Å². The third-order valence-corrected chi connectivity index (χ3v) is 23.7. The Morgan fingerprint density at radius 3 is 0.782 bits per heavy atom. The number of benzene rings is 6. The van der Waals surface area contributed by atoms with Crippen LogP contribution in [0, 0.1) is 16.2 Å². The third-order valence-electron chi connectivity index (χ3n) is 17.7. The largest absolute Gasteiger partial charge is 0.392 e. The smallest absolute Gasteiger partial charge is 0.179 e. The van der Waals surface area contributed by atoms with E-state index in [9.17, 15) is 40.6 Å². The topological polar surface area (TPSA) is 163 Å². The second-order valence-electron chi connectivity index (χ2n) is 22.3. The molecule has 3 aliphatic rings. The summed E-state index contributed by atoms with van der Waals surface area (Å²) in [6, 6.07) is 51.0. The standard InChI is InChI=1S/3C22H28O3S/c3*1-3-5-15-22(4-2)16-26(24,25)19-14-10-9-13-18(19)20(21(22)23)17-11-7-6-8-12-17/h3*6-14,20-21,23H,3-5,15-16H2,1-2H3/t20?,21?,22-;2*20-,21?,22+/m100/s1. The van der Waals surface area contributed by atoms with Crippen molar-refractivity contribution in [3.8, 4) is 0 Å². The van der Waals surface area contributed by atoms with Gasteiger partial charge in [-0.05, 0) is 90.1 Å². The van der Waals surface area contributed by atoms with Crippen LogP contribution >= 0.6 is 0 Å². The molecule has 9 atom stereocenters. The maximum absolute atomic E-state index is 13.2. The molecule has 0 aliphatic carbocycles. The summed E-state index contributed by atoms with van der Waals surface area (Å²) >= 11 is 0. The van der Waals surface area contributed by atoms with Gasteiger partial charge < -0.3 is 15.3 Å². The predicted molar refractivity (Wildman–Crippen MR) is 315 cm³/mol. The number of sulfone groups is 3. The van der Waals surface area contributed by atoms with Crippen LogP contribution in [0.2, 0.25) is 0 Å². The van der Waals surface area contributed by atoms with E-state index in [1.165, 1.54) is 0 Å². The van der Waals surface area contributed by atoms with Gasteiger partial charge in [-0.15, -0.1) is 0 Å². The Morgan fingerprint density at radius 1 is 0.346 bits per heavy atom. The highest BCUT2D eigenvalue weighted by atomic mass is 32.2. The molecule has 4 unspecified atom stereocenters. The lowest BCUT2D eigenvalue weighted by atomic mass is 9.69. The Hall–Kier alpha value is -4.95. The molecule has 6 aromatic rings. The number of hydrogen-bond donors (Lipinski definition) is 3. The van der Waals surface area contributed by atoms with Crippen molar-refractivity contribution < 1.29 is 40.6 Å². The van der Waals surface area contributed by atoms with Gasteiger partial charge in [0.25, 0.3) is 0 Å². The van der Waals surface area contributed by atoms with Crippen LogP contribution in [0.1, 0.15) is 170 Å². The lowest BCUT2D eigenvalue weighted by molar-refractivity contribution is 0.0173. The highest BCUT2D eigenvalue weighted by Crippen LogP contribution is 2.52. The fraction of sp³-hybridized carbons (Fsp3) is 0.455. The fourth-order valence-electron chi connectivity index (χ4n) is 13.0. The van der Waals surface area contributed by atoms with Crippen LogP contribution in [0.5, 0.6) is 0 Å². The highest BCUT2D eigenvalue weighted by Gasteiger charge is 2.51. The van der Waals surface area contributed by atoms with E-state index in [0.717, 1.165) is 91.2 Å². The number of hydrogen-bond acceptors (Lipinski definition) is 9. The van der Waals surface area contributed by atoms with Gasteiger partial charge in [0.1, 0.15) is 0 Å². The minimum Gasteiger partial charge on any atom is -0.392 e. The molecule has 0 bridgehead atoms. The molecule has 12 heteroatoms. The first kappa shape index (κ1) is 60.7. The molecule has 78 heavy (non-hydrogen) atoms. The monoisotopic (exact) mass is 1120 g/mol. The summed E-state index contributed by atoms with van der Waals surface area (Å²) < 4.78 is 79.5. The fourth-order valence-corrected chi connectivity index (χ4v) is 19.8. The van der Waals surface area contributed by atoms with Crippen molar-refractivity contribution in [2.24, 2.45) is 16.2 Å². The van der Waals surface area contributed by atoms with Gasteiger partial charge in [0.2, 0.25) is 0 Å². The van der Waals surface area contributed by atoms with E-state index in [4.69, 9.17) is 0 Å². The molecular weight excluding hydrogens is 1030 g/mol. The van der Waals surface area contributed by atoms with Crippen molar-refractivity contribution in [3.63, 3.8) is 0 Å². The Morgan fingerprint density at radius 2 is 0.564 bits per heavy atom. The minimum atomic E-state index is -3.46. The molecule has 0 fully saturated rings. The van der Waals surface area contributed by atoms with Crippen LogP contribution in [-0.4, -0.2) is 76.1 Å². The maximum atomic E-state index is 13.2. The Bertz CT molecular complexity index is 2880. The molecule has 9 rings (SSSR count). The SMILES string of the molecule is CCCC[C@]1(CC)CS(=O)(=O)c2ccccc2C(c2ccccc2)C1O.CCCC[C@]1(CC)CS(=O)(=O)c2ccccc2[C@H](c2ccccc2)C1O.CCCC[C@]1(CC)CS(=O)(=O)c2ccccc2[C@H](c2ccccc2)C1O. The van der Waals surface area contributed by atoms with Crippen LogP contribution in [0.15, 0.2) is 178 Å². The summed E-state index contributed by atoms with van der Waals surface area (Å²) in [6.45, 7) is 12.3. The van der Waals surface area contributed by atoms with Gasteiger partial charge in [-0.3, -0.25) is 0 Å². The molecule has 420 valence electrons. The van der Waals surface area contributed by atoms with Crippen LogP contribution in [-0.2, 0) is 29.5 Å². The molecule has 0 spiro atoms. The van der Waals surface area contributed by atoms with Gasteiger partial charge in [-0.2, -0.15) is 0 Å². The van der Waals surface area contributed by atoms with Crippen LogP contribution in [0.4, 0.5) is 0 Å². The van der Waals surface area contributed by atoms with Gasteiger partial charge in [0.15, 0.2) is 29.5 Å².